The first kappa shape index (κ1) is 22.4. The summed E-state index contributed by atoms with van der Waals surface area (Å²) in [5.74, 6) is 0.358. The van der Waals surface area contributed by atoms with Gasteiger partial charge in [-0.3, -0.25) is 19.9 Å². The van der Waals surface area contributed by atoms with Crippen LogP contribution in [0.2, 0.25) is 0 Å². The molecule has 3 N–H and O–H groups in total. The summed E-state index contributed by atoms with van der Waals surface area (Å²) in [6.07, 6.45) is 8.56. The number of fused-ring (bicyclic) bond motifs is 2. The number of pyridine rings is 4. The summed E-state index contributed by atoms with van der Waals surface area (Å²) < 4.78 is 0. The third-order valence-corrected chi connectivity index (χ3v) is 6.33. The van der Waals surface area contributed by atoms with Gasteiger partial charge in [0.1, 0.15) is 11.2 Å². The molecule has 0 atom stereocenters. The number of nitrogens with zero attached hydrogens (tertiary/aromatic N) is 6. The summed E-state index contributed by atoms with van der Waals surface area (Å²) in [6, 6.07) is 20.5. The average molecular weight is 510 g/mol. The van der Waals surface area contributed by atoms with E-state index in [0.717, 1.165) is 27.8 Å². The van der Waals surface area contributed by atoms with Gasteiger partial charge in [-0.2, -0.15) is 5.10 Å². The standard InChI is InChI=1S/C29H19N9O/c39-29(17-6-2-1-3-7-17)34-20-12-18(14-30-16-20)19-13-22-25(37-38-26(22)33-15-19)28-35-24-21(9-11-32-27(24)36-28)23-8-4-5-10-31-23/h1-16H,(H,34,39)(H,32,35,36)(H,33,37,38). The molecule has 0 fully saturated rings. The van der Waals surface area contributed by atoms with Crippen molar-refractivity contribution in [1.82, 2.24) is 40.1 Å². The number of hydrogen-bond acceptors (Lipinski definition) is 7. The van der Waals surface area contributed by atoms with Gasteiger partial charge in [0.05, 0.1) is 23.0 Å². The summed E-state index contributed by atoms with van der Waals surface area (Å²) in [5.41, 5.74) is 7.03. The highest BCUT2D eigenvalue weighted by Gasteiger charge is 2.17. The lowest BCUT2D eigenvalue weighted by atomic mass is 10.1. The molecule has 7 rings (SSSR count). The molecule has 0 saturated heterocycles. The first-order valence-corrected chi connectivity index (χ1v) is 12.2. The largest absolute Gasteiger partial charge is 0.321 e. The number of carbonyl (C=O) groups excluding carboxylic acids is 1. The molecule has 6 heterocycles. The average Bonchev–Trinajstić information content (AvgIpc) is 3.62. The van der Waals surface area contributed by atoms with E-state index in [1.807, 2.05) is 54.6 Å². The van der Waals surface area contributed by atoms with Gasteiger partial charge in [-0.15, -0.1) is 0 Å². The van der Waals surface area contributed by atoms with Crippen LogP contribution in [0.1, 0.15) is 10.4 Å². The Morgan fingerprint density at radius 3 is 2.54 bits per heavy atom. The molecule has 0 aliphatic rings. The van der Waals surface area contributed by atoms with Gasteiger partial charge in [-0.25, -0.2) is 15.0 Å². The van der Waals surface area contributed by atoms with Crippen LogP contribution in [0.4, 0.5) is 5.69 Å². The Bertz CT molecular complexity index is 1960. The Balaban J connectivity index is 1.25. The monoisotopic (exact) mass is 509 g/mol. The normalized spacial score (nSPS) is 11.2. The molecule has 0 spiro atoms. The third kappa shape index (κ3) is 4.15. The van der Waals surface area contributed by atoms with Crippen molar-refractivity contribution in [2.24, 2.45) is 0 Å². The van der Waals surface area contributed by atoms with E-state index in [1.54, 1.807) is 43.1 Å². The van der Waals surface area contributed by atoms with Gasteiger partial charge in [0.25, 0.3) is 5.91 Å². The smallest absolute Gasteiger partial charge is 0.255 e. The molecule has 1 aromatic carbocycles. The predicted molar refractivity (Wildman–Crippen MR) is 148 cm³/mol. The van der Waals surface area contributed by atoms with Crippen LogP contribution in [0, 0.1) is 0 Å². The van der Waals surface area contributed by atoms with Crippen LogP contribution in [0.5, 0.6) is 0 Å². The number of aromatic amines is 2. The van der Waals surface area contributed by atoms with Crippen LogP contribution in [-0.4, -0.2) is 46.0 Å². The number of rotatable bonds is 5. The van der Waals surface area contributed by atoms with E-state index in [0.29, 0.717) is 39.6 Å². The minimum absolute atomic E-state index is 0.205. The van der Waals surface area contributed by atoms with E-state index in [2.05, 4.69) is 40.4 Å². The molecule has 186 valence electrons. The van der Waals surface area contributed by atoms with Crippen molar-refractivity contribution in [3.63, 3.8) is 0 Å². The topological polar surface area (TPSA) is 138 Å². The summed E-state index contributed by atoms with van der Waals surface area (Å²) in [4.78, 5) is 38.5. The van der Waals surface area contributed by atoms with Crippen molar-refractivity contribution in [3.8, 4) is 33.9 Å². The Morgan fingerprint density at radius 2 is 1.67 bits per heavy atom. The molecule has 0 bridgehead atoms. The van der Waals surface area contributed by atoms with Crippen molar-refractivity contribution in [2.75, 3.05) is 5.32 Å². The molecular formula is C29H19N9O. The van der Waals surface area contributed by atoms with Gasteiger partial charge in [0.15, 0.2) is 17.1 Å². The second kappa shape index (κ2) is 9.27. The van der Waals surface area contributed by atoms with Gasteiger partial charge in [0.2, 0.25) is 0 Å². The van der Waals surface area contributed by atoms with Crippen molar-refractivity contribution in [1.29, 1.82) is 0 Å². The number of anilines is 1. The summed E-state index contributed by atoms with van der Waals surface area (Å²) >= 11 is 0. The number of carbonyl (C=O) groups is 1. The molecule has 0 radical (unpaired) electrons. The lowest BCUT2D eigenvalue weighted by Crippen LogP contribution is -2.11. The van der Waals surface area contributed by atoms with Crippen LogP contribution in [0.15, 0.2) is 97.7 Å². The van der Waals surface area contributed by atoms with E-state index >= 15 is 0 Å². The highest BCUT2D eigenvalue weighted by Crippen LogP contribution is 2.31. The van der Waals surface area contributed by atoms with Crippen LogP contribution < -0.4 is 5.32 Å². The molecule has 7 aromatic rings. The number of amides is 1. The predicted octanol–water partition coefficient (Wildman–Crippen LogP) is 5.27. The zero-order chi connectivity index (χ0) is 26.2. The lowest BCUT2D eigenvalue weighted by molar-refractivity contribution is 0.102. The first-order chi connectivity index (χ1) is 19.2. The number of nitrogens with one attached hydrogen (secondary N) is 3. The van der Waals surface area contributed by atoms with Crippen LogP contribution in [0.3, 0.4) is 0 Å². The molecule has 0 unspecified atom stereocenters. The summed E-state index contributed by atoms with van der Waals surface area (Å²) in [7, 11) is 0. The molecule has 39 heavy (non-hydrogen) atoms. The van der Waals surface area contributed by atoms with Crippen LogP contribution in [0.25, 0.3) is 56.1 Å². The number of benzene rings is 1. The van der Waals surface area contributed by atoms with E-state index in [-0.39, 0.29) is 5.91 Å². The van der Waals surface area contributed by atoms with Gasteiger partial charge < -0.3 is 10.3 Å². The van der Waals surface area contributed by atoms with Gasteiger partial charge in [-0.1, -0.05) is 24.3 Å². The maximum absolute atomic E-state index is 12.6. The molecule has 10 heteroatoms. The fourth-order valence-electron chi connectivity index (χ4n) is 4.45. The molecule has 1 amide bonds. The summed E-state index contributed by atoms with van der Waals surface area (Å²) in [5, 5.41) is 11.2. The van der Waals surface area contributed by atoms with Crippen molar-refractivity contribution in [3.05, 3.63) is 103 Å². The highest BCUT2D eigenvalue weighted by molar-refractivity contribution is 6.04. The SMILES string of the molecule is O=C(Nc1cncc(-c2cnc3[nH]nc(-c4nc5c(-c6ccccn6)ccnc5[nH]4)c3c2)c1)c1ccccc1. The quantitative estimate of drug-likeness (QED) is 0.287. The first-order valence-electron chi connectivity index (χ1n) is 12.2. The Labute approximate surface area is 221 Å². The third-order valence-electron chi connectivity index (χ3n) is 6.33. The van der Waals surface area contributed by atoms with Crippen molar-refractivity contribution < 1.29 is 4.79 Å². The highest BCUT2D eigenvalue weighted by atomic mass is 16.1. The molecule has 10 nitrogen and oxygen atoms in total. The second-order valence-electron chi connectivity index (χ2n) is 8.83. The van der Waals surface area contributed by atoms with Gasteiger partial charge in [0, 0.05) is 47.0 Å². The van der Waals surface area contributed by atoms with E-state index in [4.69, 9.17) is 4.98 Å². The maximum atomic E-state index is 12.6. The van der Waals surface area contributed by atoms with E-state index in [9.17, 15) is 4.79 Å². The molecule has 6 aromatic heterocycles. The Kier molecular flexibility index (Phi) is 5.33. The van der Waals surface area contributed by atoms with Crippen molar-refractivity contribution >= 4 is 33.8 Å². The second-order valence-corrected chi connectivity index (χ2v) is 8.83. The van der Waals surface area contributed by atoms with E-state index in [1.165, 1.54) is 0 Å². The van der Waals surface area contributed by atoms with Gasteiger partial charge >= 0.3 is 0 Å². The van der Waals surface area contributed by atoms with Crippen LogP contribution >= 0.6 is 0 Å². The number of imidazole rings is 1. The minimum atomic E-state index is -0.205. The molecule has 0 saturated carbocycles. The maximum Gasteiger partial charge on any atom is 0.255 e. The van der Waals surface area contributed by atoms with E-state index < -0.39 is 0 Å². The zero-order valence-electron chi connectivity index (χ0n) is 20.3. The zero-order valence-corrected chi connectivity index (χ0v) is 20.3. The van der Waals surface area contributed by atoms with Gasteiger partial charge in [-0.05, 0) is 42.5 Å². The Hall–Kier alpha value is -5.77. The molecular weight excluding hydrogens is 490 g/mol. The molecule has 0 aliphatic carbocycles. The van der Waals surface area contributed by atoms with Crippen molar-refractivity contribution in [2.45, 2.75) is 0 Å². The minimum Gasteiger partial charge on any atom is -0.321 e. The fraction of sp³-hybridized carbons (Fsp3) is 0. The lowest BCUT2D eigenvalue weighted by Gasteiger charge is -2.07. The Morgan fingerprint density at radius 1 is 0.795 bits per heavy atom. The number of aromatic nitrogens is 8. The molecule has 0 aliphatic heterocycles. The number of H-pyrrole nitrogens is 2. The van der Waals surface area contributed by atoms with Crippen LogP contribution in [-0.2, 0) is 0 Å². The summed E-state index contributed by atoms with van der Waals surface area (Å²) in [6.45, 7) is 0. The number of hydrogen-bond donors (Lipinski definition) is 3. The fourth-order valence-corrected chi connectivity index (χ4v) is 4.45.